The molecule has 0 bridgehead atoms. The Hall–Kier alpha value is -3.61. The average molecular weight is 389 g/mol. The lowest BCUT2D eigenvalue weighted by atomic mass is 9.99. The van der Waals surface area contributed by atoms with Crippen LogP contribution in [0.5, 0.6) is 0 Å². The van der Waals surface area contributed by atoms with E-state index < -0.39 is 11.6 Å². The largest absolute Gasteiger partial charge is 0.352 e. The van der Waals surface area contributed by atoms with E-state index in [1.54, 1.807) is 24.7 Å². The Bertz CT molecular complexity index is 1230. The number of halogens is 2. The predicted molar refractivity (Wildman–Crippen MR) is 107 cm³/mol. The van der Waals surface area contributed by atoms with Gasteiger partial charge in [0.1, 0.15) is 12.1 Å². The SMILES string of the molecule is Fc1ccc(-c2cccnc2N2CC=C(c3cccn4cnnc34)CC2)cc1F. The standard InChI is InChI=1S/C22H17F2N5/c23-19-6-5-16(13-20(19)24)18-3-1-9-25-21(18)28-11-7-15(8-12-28)17-4-2-10-29-14-26-27-22(17)29/h1-7,9-10,13-14H,8,11-12H2. The molecule has 1 aromatic carbocycles. The van der Waals surface area contributed by atoms with Crippen molar-refractivity contribution in [3.05, 3.63) is 84.5 Å². The quantitative estimate of drug-likeness (QED) is 0.522. The Morgan fingerprint density at radius 2 is 1.86 bits per heavy atom. The lowest BCUT2D eigenvalue weighted by Gasteiger charge is -2.29. The van der Waals surface area contributed by atoms with Crippen molar-refractivity contribution in [1.82, 2.24) is 19.6 Å². The zero-order valence-corrected chi connectivity index (χ0v) is 15.5. The molecular formula is C22H17F2N5. The minimum absolute atomic E-state index is 0.606. The first-order valence-corrected chi connectivity index (χ1v) is 9.34. The summed E-state index contributed by atoms with van der Waals surface area (Å²) in [5, 5.41) is 8.21. The molecule has 29 heavy (non-hydrogen) atoms. The first-order chi connectivity index (χ1) is 14.2. The number of hydrogen-bond acceptors (Lipinski definition) is 4. The number of hydrogen-bond donors (Lipinski definition) is 0. The molecule has 0 unspecified atom stereocenters. The smallest absolute Gasteiger partial charge is 0.168 e. The van der Waals surface area contributed by atoms with Crippen LogP contribution in [0.2, 0.25) is 0 Å². The van der Waals surface area contributed by atoms with Crippen molar-refractivity contribution >= 4 is 17.0 Å². The van der Waals surface area contributed by atoms with Crippen LogP contribution in [-0.2, 0) is 0 Å². The van der Waals surface area contributed by atoms with E-state index in [9.17, 15) is 8.78 Å². The summed E-state index contributed by atoms with van der Waals surface area (Å²) < 4.78 is 29.0. The molecule has 0 fully saturated rings. The van der Waals surface area contributed by atoms with Crippen molar-refractivity contribution in [3.8, 4) is 11.1 Å². The van der Waals surface area contributed by atoms with Gasteiger partial charge in [0.25, 0.3) is 0 Å². The first-order valence-electron chi connectivity index (χ1n) is 9.34. The Morgan fingerprint density at radius 1 is 0.966 bits per heavy atom. The Kier molecular flexibility index (Phi) is 4.27. The van der Waals surface area contributed by atoms with Gasteiger partial charge in [-0.05, 0) is 54.0 Å². The van der Waals surface area contributed by atoms with E-state index in [0.717, 1.165) is 41.6 Å². The van der Waals surface area contributed by atoms with Crippen molar-refractivity contribution in [3.63, 3.8) is 0 Å². The lowest BCUT2D eigenvalue weighted by molar-refractivity contribution is 0.509. The summed E-state index contributed by atoms with van der Waals surface area (Å²) in [6.07, 6.45) is 8.32. The molecule has 144 valence electrons. The van der Waals surface area contributed by atoms with Gasteiger partial charge in [0.15, 0.2) is 17.3 Å². The minimum Gasteiger partial charge on any atom is -0.352 e. The van der Waals surface area contributed by atoms with Crippen LogP contribution < -0.4 is 4.90 Å². The van der Waals surface area contributed by atoms with E-state index in [4.69, 9.17) is 0 Å². The van der Waals surface area contributed by atoms with E-state index in [2.05, 4.69) is 32.2 Å². The van der Waals surface area contributed by atoms with Gasteiger partial charge >= 0.3 is 0 Å². The van der Waals surface area contributed by atoms with Crippen LogP contribution in [0.25, 0.3) is 22.3 Å². The molecule has 0 amide bonds. The van der Waals surface area contributed by atoms with Crippen LogP contribution in [-0.4, -0.2) is 32.7 Å². The Balaban J connectivity index is 1.47. The molecule has 4 aromatic rings. The number of pyridine rings is 2. The Morgan fingerprint density at radius 3 is 2.69 bits per heavy atom. The molecule has 5 nitrogen and oxygen atoms in total. The lowest BCUT2D eigenvalue weighted by Crippen LogP contribution is -2.29. The van der Waals surface area contributed by atoms with E-state index in [0.29, 0.717) is 12.1 Å². The van der Waals surface area contributed by atoms with Gasteiger partial charge < -0.3 is 4.90 Å². The van der Waals surface area contributed by atoms with E-state index in [1.165, 1.54) is 11.6 Å². The first kappa shape index (κ1) is 17.5. The molecule has 0 atom stereocenters. The molecule has 0 aliphatic carbocycles. The molecule has 0 spiro atoms. The topological polar surface area (TPSA) is 46.3 Å². The van der Waals surface area contributed by atoms with Crippen LogP contribution in [0, 0.1) is 11.6 Å². The molecule has 0 saturated carbocycles. The van der Waals surface area contributed by atoms with Crippen molar-refractivity contribution in [2.75, 3.05) is 18.0 Å². The van der Waals surface area contributed by atoms with E-state index in [1.807, 2.05) is 22.7 Å². The molecule has 4 heterocycles. The van der Waals surface area contributed by atoms with Crippen molar-refractivity contribution in [1.29, 1.82) is 0 Å². The second kappa shape index (κ2) is 7.09. The maximum Gasteiger partial charge on any atom is 0.168 e. The maximum absolute atomic E-state index is 13.7. The summed E-state index contributed by atoms with van der Waals surface area (Å²) in [7, 11) is 0. The van der Waals surface area contributed by atoms with Gasteiger partial charge in [0.05, 0.1) is 0 Å². The van der Waals surface area contributed by atoms with Crippen LogP contribution in [0.1, 0.15) is 12.0 Å². The zero-order valence-electron chi connectivity index (χ0n) is 15.5. The van der Waals surface area contributed by atoms with Crippen LogP contribution >= 0.6 is 0 Å². The molecule has 0 N–H and O–H groups in total. The minimum atomic E-state index is -0.862. The highest BCUT2D eigenvalue weighted by Crippen LogP contribution is 2.33. The van der Waals surface area contributed by atoms with Gasteiger partial charge in [-0.25, -0.2) is 13.8 Å². The normalized spacial score (nSPS) is 14.3. The molecule has 7 heteroatoms. The summed E-state index contributed by atoms with van der Waals surface area (Å²) in [5.41, 5.74) is 4.52. The van der Waals surface area contributed by atoms with Crippen LogP contribution in [0.4, 0.5) is 14.6 Å². The summed E-state index contributed by atoms with van der Waals surface area (Å²) in [6, 6.07) is 11.7. The van der Waals surface area contributed by atoms with Crippen LogP contribution in [0.15, 0.2) is 67.3 Å². The van der Waals surface area contributed by atoms with Gasteiger partial charge in [-0.3, -0.25) is 4.40 Å². The third-order valence-corrected chi connectivity index (χ3v) is 5.20. The number of nitrogens with zero attached hydrogens (tertiary/aromatic N) is 5. The molecule has 0 radical (unpaired) electrons. The Labute approximate surface area is 166 Å². The van der Waals surface area contributed by atoms with Gasteiger partial charge in [-0.15, -0.1) is 10.2 Å². The molecule has 3 aromatic heterocycles. The summed E-state index contributed by atoms with van der Waals surface area (Å²) in [5.74, 6) is -0.957. The highest BCUT2D eigenvalue weighted by Gasteiger charge is 2.20. The second-order valence-electron chi connectivity index (χ2n) is 6.91. The van der Waals surface area contributed by atoms with Gasteiger partial charge in [0.2, 0.25) is 0 Å². The van der Waals surface area contributed by atoms with Gasteiger partial charge in [-0.1, -0.05) is 12.1 Å². The van der Waals surface area contributed by atoms with Crippen molar-refractivity contribution < 1.29 is 8.78 Å². The predicted octanol–water partition coefficient (Wildman–Crippen LogP) is 4.36. The fourth-order valence-electron chi connectivity index (χ4n) is 3.75. The molecule has 1 aliphatic rings. The molecule has 5 rings (SSSR count). The molecular weight excluding hydrogens is 372 g/mol. The van der Waals surface area contributed by atoms with Crippen molar-refractivity contribution in [2.24, 2.45) is 0 Å². The van der Waals surface area contributed by atoms with Gasteiger partial charge in [-0.2, -0.15) is 0 Å². The number of aromatic nitrogens is 4. The number of rotatable bonds is 3. The average Bonchev–Trinajstić information content (AvgIpc) is 3.25. The number of fused-ring (bicyclic) bond motifs is 1. The number of benzene rings is 1. The monoisotopic (exact) mass is 389 g/mol. The summed E-state index contributed by atoms with van der Waals surface area (Å²) in [6.45, 7) is 1.42. The highest BCUT2D eigenvalue weighted by atomic mass is 19.2. The molecule has 0 saturated heterocycles. The number of anilines is 1. The fourth-order valence-corrected chi connectivity index (χ4v) is 3.75. The maximum atomic E-state index is 13.7. The highest BCUT2D eigenvalue weighted by molar-refractivity contribution is 5.80. The van der Waals surface area contributed by atoms with E-state index >= 15 is 0 Å². The summed E-state index contributed by atoms with van der Waals surface area (Å²) >= 11 is 0. The molecule has 1 aliphatic heterocycles. The third-order valence-electron chi connectivity index (χ3n) is 5.20. The zero-order chi connectivity index (χ0) is 19.8. The fraction of sp³-hybridized carbons (Fsp3) is 0.136. The van der Waals surface area contributed by atoms with Crippen LogP contribution in [0.3, 0.4) is 0 Å². The van der Waals surface area contributed by atoms with Crippen molar-refractivity contribution in [2.45, 2.75) is 6.42 Å². The van der Waals surface area contributed by atoms with E-state index in [-0.39, 0.29) is 0 Å². The third kappa shape index (κ3) is 3.14. The summed E-state index contributed by atoms with van der Waals surface area (Å²) in [4.78, 5) is 6.67. The van der Waals surface area contributed by atoms with Gasteiger partial charge in [0, 0.05) is 36.6 Å². The second-order valence-corrected chi connectivity index (χ2v) is 6.91.